The van der Waals surface area contributed by atoms with Gasteiger partial charge in [0.05, 0.1) is 0 Å². The number of carbonyl (C=O) groups excluding carboxylic acids is 1. The normalized spacial score (nSPS) is 14.7. The third-order valence-corrected chi connectivity index (χ3v) is 6.49. The van der Waals surface area contributed by atoms with E-state index in [2.05, 4.69) is 53.2 Å². The summed E-state index contributed by atoms with van der Waals surface area (Å²) in [6.07, 6.45) is 2.12. The van der Waals surface area contributed by atoms with E-state index in [1.54, 1.807) is 0 Å². The van der Waals surface area contributed by atoms with Crippen molar-refractivity contribution in [2.45, 2.75) is 26.7 Å². The number of nitrogens with one attached hydrogen (secondary N) is 1. The van der Waals surface area contributed by atoms with E-state index < -0.39 is 0 Å². The molecule has 0 aromatic heterocycles. The van der Waals surface area contributed by atoms with Gasteiger partial charge in [-0.1, -0.05) is 42.5 Å². The first kappa shape index (κ1) is 21.4. The molecule has 0 unspecified atom stereocenters. The summed E-state index contributed by atoms with van der Waals surface area (Å²) in [4.78, 5) is 17.5. The molecule has 31 heavy (non-hydrogen) atoms. The number of hydrogen-bond donors (Lipinski definition) is 1. The highest BCUT2D eigenvalue weighted by molar-refractivity contribution is 5.98. The largest absolute Gasteiger partial charge is 0.369 e. The quantitative estimate of drug-likeness (QED) is 0.564. The Morgan fingerprint density at radius 2 is 1.65 bits per heavy atom. The number of anilines is 1. The zero-order valence-electron chi connectivity index (χ0n) is 18.7. The van der Waals surface area contributed by atoms with Gasteiger partial charge in [-0.2, -0.15) is 0 Å². The number of rotatable bonds is 7. The fraction of sp³-hybridized carbons (Fsp3) is 0.370. The Labute approximate surface area is 185 Å². The second kappa shape index (κ2) is 9.97. The van der Waals surface area contributed by atoms with Gasteiger partial charge in [-0.25, -0.2) is 0 Å². The number of nitrogens with zero attached hydrogens (tertiary/aromatic N) is 2. The highest BCUT2D eigenvalue weighted by atomic mass is 16.1. The molecular weight excluding hydrogens is 382 g/mol. The van der Waals surface area contributed by atoms with Gasteiger partial charge in [0.2, 0.25) is 0 Å². The second-order valence-corrected chi connectivity index (χ2v) is 8.57. The number of unbranched alkanes of at least 4 members (excludes halogenated alkanes) is 1. The molecule has 3 aromatic carbocycles. The number of piperazine rings is 1. The average molecular weight is 416 g/mol. The van der Waals surface area contributed by atoms with Gasteiger partial charge in [0.1, 0.15) is 0 Å². The van der Waals surface area contributed by atoms with Crippen LogP contribution in [0, 0.1) is 13.8 Å². The summed E-state index contributed by atoms with van der Waals surface area (Å²) >= 11 is 0. The molecule has 162 valence electrons. The SMILES string of the molecule is Cc1cccc(N2CCN(CCCCNC(=O)c3ccc4ccccc4c3)CC2)c1C. The molecule has 1 aliphatic rings. The van der Waals surface area contributed by atoms with E-state index >= 15 is 0 Å². The Bertz CT molecular complexity index is 1040. The summed E-state index contributed by atoms with van der Waals surface area (Å²) in [6, 6.07) is 20.6. The molecule has 4 heteroatoms. The molecule has 0 atom stereocenters. The number of aryl methyl sites for hydroxylation is 1. The molecule has 0 aliphatic carbocycles. The van der Waals surface area contributed by atoms with Crippen molar-refractivity contribution in [3.63, 3.8) is 0 Å². The molecule has 0 spiro atoms. The molecule has 1 N–H and O–H groups in total. The van der Waals surface area contributed by atoms with Gasteiger partial charge >= 0.3 is 0 Å². The van der Waals surface area contributed by atoms with Crippen molar-refractivity contribution >= 4 is 22.4 Å². The molecular formula is C27H33N3O. The monoisotopic (exact) mass is 415 g/mol. The minimum Gasteiger partial charge on any atom is -0.369 e. The number of amides is 1. The van der Waals surface area contributed by atoms with E-state index in [9.17, 15) is 4.79 Å². The number of hydrogen-bond acceptors (Lipinski definition) is 3. The molecule has 0 bridgehead atoms. The Balaban J connectivity index is 1.16. The van der Waals surface area contributed by atoms with Crippen LogP contribution in [0.25, 0.3) is 10.8 Å². The van der Waals surface area contributed by atoms with Crippen molar-refractivity contribution < 1.29 is 4.79 Å². The first-order chi connectivity index (χ1) is 15.1. The van der Waals surface area contributed by atoms with Crippen LogP contribution >= 0.6 is 0 Å². The summed E-state index contributed by atoms with van der Waals surface area (Å²) < 4.78 is 0. The van der Waals surface area contributed by atoms with Crippen molar-refractivity contribution in [2.75, 3.05) is 44.2 Å². The average Bonchev–Trinajstić information content (AvgIpc) is 2.80. The summed E-state index contributed by atoms with van der Waals surface area (Å²) in [5.74, 6) is 0.0212. The molecule has 3 aromatic rings. The van der Waals surface area contributed by atoms with Crippen molar-refractivity contribution in [2.24, 2.45) is 0 Å². The minimum absolute atomic E-state index is 0.0212. The lowest BCUT2D eigenvalue weighted by atomic mass is 10.1. The van der Waals surface area contributed by atoms with Crippen LogP contribution in [0.5, 0.6) is 0 Å². The Kier molecular flexibility index (Phi) is 6.88. The lowest BCUT2D eigenvalue weighted by Crippen LogP contribution is -2.47. The predicted octanol–water partition coefficient (Wildman–Crippen LogP) is 4.79. The van der Waals surface area contributed by atoms with Crippen molar-refractivity contribution in [1.82, 2.24) is 10.2 Å². The van der Waals surface area contributed by atoms with Crippen molar-refractivity contribution in [3.8, 4) is 0 Å². The summed E-state index contributed by atoms with van der Waals surface area (Å²) in [5.41, 5.74) is 4.89. The summed E-state index contributed by atoms with van der Waals surface area (Å²) in [7, 11) is 0. The molecule has 1 heterocycles. The Morgan fingerprint density at radius 3 is 2.45 bits per heavy atom. The molecule has 1 saturated heterocycles. The molecule has 4 rings (SSSR count). The van der Waals surface area contributed by atoms with E-state index in [0.29, 0.717) is 0 Å². The number of benzene rings is 3. The zero-order valence-corrected chi connectivity index (χ0v) is 18.7. The van der Waals surface area contributed by atoms with E-state index in [-0.39, 0.29) is 5.91 Å². The lowest BCUT2D eigenvalue weighted by Gasteiger charge is -2.37. The first-order valence-electron chi connectivity index (χ1n) is 11.4. The van der Waals surface area contributed by atoms with Gasteiger partial charge in [-0.05, 0) is 73.3 Å². The van der Waals surface area contributed by atoms with Crippen LogP contribution in [0.3, 0.4) is 0 Å². The van der Waals surface area contributed by atoms with Gasteiger partial charge in [-0.3, -0.25) is 9.69 Å². The van der Waals surface area contributed by atoms with E-state index in [1.807, 2.05) is 36.4 Å². The highest BCUT2D eigenvalue weighted by Crippen LogP contribution is 2.24. The van der Waals surface area contributed by atoms with Crippen molar-refractivity contribution in [1.29, 1.82) is 0 Å². The summed E-state index contributed by atoms with van der Waals surface area (Å²) in [5, 5.41) is 5.35. The van der Waals surface area contributed by atoms with Crippen molar-refractivity contribution in [3.05, 3.63) is 77.4 Å². The second-order valence-electron chi connectivity index (χ2n) is 8.57. The van der Waals surface area contributed by atoms with Crippen LogP contribution in [0.15, 0.2) is 60.7 Å². The number of fused-ring (bicyclic) bond motifs is 1. The van der Waals surface area contributed by atoms with E-state index in [0.717, 1.165) is 68.4 Å². The standard InChI is InChI=1S/C27H33N3O/c1-21-8-7-11-26(22(21)2)30-18-16-29(17-19-30)15-6-5-14-28-27(31)25-13-12-23-9-3-4-10-24(23)20-25/h3-4,7-13,20H,5-6,14-19H2,1-2H3,(H,28,31). The van der Waals surface area contributed by atoms with Gasteiger partial charge in [-0.15, -0.1) is 0 Å². The fourth-order valence-corrected chi connectivity index (χ4v) is 4.39. The van der Waals surface area contributed by atoms with Crippen LogP contribution < -0.4 is 10.2 Å². The van der Waals surface area contributed by atoms with E-state index in [1.165, 1.54) is 16.8 Å². The Hall–Kier alpha value is -2.85. The van der Waals surface area contributed by atoms with Crippen LogP contribution in [0.1, 0.15) is 34.3 Å². The maximum absolute atomic E-state index is 12.4. The zero-order chi connectivity index (χ0) is 21.6. The van der Waals surface area contributed by atoms with Gasteiger partial charge in [0, 0.05) is 44.0 Å². The third-order valence-electron chi connectivity index (χ3n) is 6.49. The van der Waals surface area contributed by atoms with Crippen LogP contribution in [-0.2, 0) is 0 Å². The molecule has 4 nitrogen and oxygen atoms in total. The number of carbonyl (C=O) groups is 1. The van der Waals surface area contributed by atoms with E-state index in [4.69, 9.17) is 0 Å². The third kappa shape index (κ3) is 5.26. The smallest absolute Gasteiger partial charge is 0.251 e. The topological polar surface area (TPSA) is 35.6 Å². The van der Waals surface area contributed by atoms with Gasteiger partial charge in [0.25, 0.3) is 5.91 Å². The van der Waals surface area contributed by atoms with Crippen LogP contribution in [0.4, 0.5) is 5.69 Å². The maximum Gasteiger partial charge on any atom is 0.251 e. The first-order valence-corrected chi connectivity index (χ1v) is 11.4. The maximum atomic E-state index is 12.4. The molecule has 0 saturated carbocycles. The van der Waals surface area contributed by atoms with Gasteiger partial charge < -0.3 is 10.2 Å². The molecule has 0 radical (unpaired) electrons. The highest BCUT2D eigenvalue weighted by Gasteiger charge is 2.18. The molecule has 1 amide bonds. The van der Waals surface area contributed by atoms with Gasteiger partial charge in [0.15, 0.2) is 0 Å². The van der Waals surface area contributed by atoms with Crippen LogP contribution in [-0.4, -0.2) is 50.1 Å². The lowest BCUT2D eigenvalue weighted by molar-refractivity contribution is 0.0952. The summed E-state index contributed by atoms with van der Waals surface area (Å²) in [6.45, 7) is 10.6. The minimum atomic E-state index is 0.0212. The molecule has 1 fully saturated rings. The fourth-order valence-electron chi connectivity index (χ4n) is 4.39. The Morgan fingerprint density at radius 1 is 0.871 bits per heavy atom. The van der Waals surface area contributed by atoms with Crippen LogP contribution in [0.2, 0.25) is 0 Å². The predicted molar refractivity (Wildman–Crippen MR) is 130 cm³/mol. The molecule has 1 aliphatic heterocycles.